The van der Waals surface area contributed by atoms with Crippen molar-refractivity contribution in [1.82, 2.24) is 5.32 Å². The molecule has 0 fully saturated rings. The van der Waals surface area contributed by atoms with E-state index >= 15 is 0 Å². The number of carbonyl (C=O) groups is 1. The lowest BCUT2D eigenvalue weighted by Gasteiger charge is -2.08. The van der Waals surface area contributed by atoms with Crippen LogP contribution in [0.3, 0.4) is 0 Å². The molecule has 0 aliphatic heterocycles. The van der Waals surface area contributed by atoms with E-state index in [-0.39, 0.29) is 17.2 Å². The summed E-state index contributed by atoms with van der Waals surface area (Å²) in [5.74, 6) is -0.0902. The van der Waals surface area contributed by atoms with E-state index in [2.05, 4.69) is 10.0 Å². The number of hydrogen-bond acceptors (Lipinski definition) is 3. The number of likely N-dealkylation sites (N-methyl/N-ethyl adjacent to an activating group) is 1. The number of amides is 1. The van der Waals surface area contributed by atoms with E-state index in [0.717, 1.165) is 5.56 Å². The summed E-state index contributed by atoms with van der Waals surface area (Å²) >= 11 is 0. The number of hydrogen-bond donors (Lipinski definition) is 2. The van der Waals surface area contributed by atoms with Gasteiger partial charge < -0.3 is 5.32 Å². The Kier molecular flexibility index (Phi) is 4.59. The normalized spacial score (nSPS) is 10.9. The zero-order valence-corrected chi connectivity index (χ0v) is 12.4. The van der Waals surface area contributed by atoms with E-state index in [1.807, 2.05) is 0 Å². The molecule has 0 saturated heterocycles. The van der Waals surface area contributed by atoms with E-state index < -0.39 is 10.0 Å². The molecule has 0 saturated carbocycles. The van der Waals surface area contributed by atoms with Gasteiger partial charge in [0.25, 0.3) is 10.0 Å². The van der Waals surface area contributed by atoms with Crippen molar-refractivity contribution in [3.8, 4) is 0 Å². The highest BCUT2D eigenvalue weighted by molar-refractivity contribution is 7.92. The predicted molar refractivity (Wildman–Crippen MR) is 81.5 cm³/mol. The maximum atomic E-state index is 12.1. The number of rotatable bonds is 5. The molecule has 6 heteroatoms. The molecule has 0 atom stereocenters. The Hall–Kier alpha value is -2.34. The van der Waals surface area contributed by atoms with Crippen molar-refractivity contribution < 1.29 is 13.2 Å². The minimum atomic E-state index is -3.58. The minimum absolute atomic E-state index is 0.0902. The zero-order chi connectivity index (χ0) is 15.3. The number of carbonyl (C=O) groups excluding carboxylic acids is 1. The molecule has 0 radical (unpaired) electrons. The summed E-state index contributed by atoms with van der Waals surface area (Å²) in [6.45, 7) is 0. The number of anilines is 1. The fourth-order valence-corrected chi connectivity index (χ4v) is 2.86. The Bertz CT molecular complexity index is 710. The summed E-state index contributed by atoms with van der Waals surface area (Å²) in [4.78, 5) is 11.5. The molecule has 1 amide bonds. The van der Waals surface area contributed by atoms with Crippen LogP contribution in [0.5, 0.6) is 0 Å². The highest BCUT2D eigenvalue weighted by Gasteiger charge is 2.13. The van der Waals surface area contributed by atoms with Crippen LogP contribution >= 0.6 is 0 Å². The molecule has 0 spiro atoms. The molecule has 0 aliphatic carbocycles. The van der Waals surface area contributed by atoms with Gasteiger partial charge in [-0.3, -0.25) is 9.52 Å². The molecule has 110 valence electrons. The molecule has 0 aliphatic rings. The third-order valence-corrected chi connectivity index (χ3v) is 4.30. The van der Waals surface area contributed by atoms with Gasteiger partial charge in [0.2, 0.25) is 5.91 Å². The van der Waals surface area contributed by atoms with E-state index in [0.29, 0.717) is 5.69 Å². The van der Waals surface area contributed by atoms with Crippen molar-refractivity contribution in [2.45, 2.75) is 11.3 Å². The van der Waals surface area contributed by atoms with Gasteiger partial charge in [-0.05, 0) is 29.8 Å². The van der Waals surface area contributed by atoms with Crippen LogP contribution in [-0.4, -0.2) is 21.4 Å². The van der Waals surface area contributed by atoms with Crippen molar-refractivity contribution in [3.05, 3.63) is 60.2 Å². The second kappa shape index (κ2) is 6.41. The topological polar surface area (TPSA) is 75.3 Å². The summed E-state index contributed by atoms with van der Waals surface area (Å²) in [7, 11) is -2.01. The first kappa shape index (κ1) is 15.1. The molecule has 0 unspecified atom stereocenters. The van der Waals surface area contributed by atoms with Gasteiger partial charge in [0.05, 0.1) is 11.3 Å². The molecular weight excluding hydrogens is 288 g/mol. The minimum Gasteiger partial charge on any atom is -0.359 e. The molecular formula is C15H16N2O3S. The maximum Gasteiger partial charge on any atom is 0.261 e. The molecule has 2 aromatic rings. The van der Waals surface area contributed by atoms with Crippen molar-refractivity contribution in [2.75, 3.05) is 11.8 Å². The lowest BCUT2D eigenvalue weighted by molar-refractivity contribution is -0.119. The van der Waals surface area contributed by atoms with Crippen molar-refractivity contribution in [3.63, 3.8) is 0 Å². The van der Waals surface area contributed by atoms with Crippen LogP contribution in [0.2, 0.25) is 0 Å². The van der Waals surface area contributed by atoms with Gasteiger partial charge >= 0.3 is 0 Å². The van der Waals surface area contributed by atoms with Gasteiger partial charge in [0.1, 0.15) is 0 Å². The molecule has 21 heavy (non-hydrogen) atoms. The van der Waals surface area contributed by atoms with Crippen LogP contribution in [0.15, 0.2) is 59.5 Å². The van der Waals surface area contributed by atoms with Crippen LogP contribution in [0.4, 0.5) is 5.69 Å². The molecule has 0 heterocycles. The first-order valence-corrected chi connectivity index (χ1v) is 7.87. The third kappa shape index (κ3) is 4.06. The average molecular weight is 304 g/mol. The first-order valence-electron chi connectivity index (χ1n) is 6.38. The van der Waals surface area contributed by atoms with Gasteiger partial charge in [-0.25, -0.2) is 8.42 Å². The maximum absolute atomic E-state index is 12.1. The lowest BCUT2D eigenvalue weighted by Crippen LogP contribution is -2.19. The highest BCUT2D eigenvalue weighted by Crippen LogP contribution is 2.16. The van der Waals surface area contributed by atoms with Crippen LogP contribution in [0.1, 0.15) is 5.56 Å². The SMILES string of the molecule is CNC(=O)Cc1ccc(NS(=O)(=O)c2ccccc2)cc1. The Morgan fingerprint density at radius 1 is 1.00 bits per heavy atom. The molecule has 0 bridgehead atoms. The molecule has 2 N–H and O–H groups in total. The highest BCUT2D eigenvalue weighted by atomic mass is 32.2. The smallest absolute Gasteiger partial charge is 0.261 e. The van der Waals surface area contributed by atoms with Crippen molar-refractivity contribution in [2.24, 2.45) is 0 Å². The summed E-state index contributed by atoms with van der Waals surface area (Å²) in [6.07, 6.45) is 0.266. The molecule has 2 aromatic carbocycles. The predicted octanol–water partition coefficient (Wildman–Crippen LogP) is 1.78. The Labute approximate surface area is 124 Å². The number of nitrogens with one attached hydrogen (secondary N) is 2. The largest absolute Gasteiger partial charge is 0.359 e. The van der Waals surface area contributed by atoms with E-state index in [1.165, 1.54) is 12.1 Å². The van der Waals surface area contributed by atoms with Crippen LogP contribution < -0.4 is 10.0 Å². The fourth-order valence-electron chi connectivity index (χ4n) is 1.78. The molecule has 0 aromatic heterocycles. The lowest BCUT2D eigenvalue weighted by atomic mass is 10.1. The molecule has 2 rings (SSSR count). The van der Waals surface area contributed by atoms with E-state index in [4.69, 9.17) is 0 Å². The van der Waals surface area contributed by atoms with Crippen molar-refractivity contribution >= 4 is 21.6 Å². The van der Waals surface area contributed by atoms with Crippen LogP contribution in [0, 0.1) is 0 Å². The molecule has 5 nitrogen and oxygen atoms in total. The second-order valence-electron chi connectivity index (χ2n) is 4.47. The zero-order valence-electron chi connectivity index (χ0n) is 11.5. The monoisotopic (exact) mass is 304 g/mol. The van der Waals surface area contributed by atoms with Crippen LogP contribution in [-0.2, 0) is 21.2 Å². The van der Waals surface area contributed by atoms with E-state index in [1.54, 1.807) is 49.5 Å². The summed E-state index contributed by atoms with van der Waals surface area (Å²) < 4.78 is 26.8. The fraction of sp³-hybridized carbons (Fsp3) is 0.133. The third-order valence-electron chi connectivity index (χ3n) is 2.90. The summed E-state index contributed by atoms with van der Waals surface area (Å²) in [5.41, 5.74) is 1.27. The van der Waals surface area contributed by atoms with Gasteiger partial charge in [-0.1, -0.05) is 30.3 Å². The number of benzene rings is 2. The average Bonchev–Trinajstić information content (AvgIpc) is 2.50. The summed E-state index contributed by atoms with van der Waals surface area (Å²) in [5, 5.41) is 2.54. The Morgan fingerprint density at radius 2 is 1.62 bits per heavy atom. The standard InChI is InChI=1S/C15H16N2O3S/c1-16-15(18)11-12-7-9-13(10-8-12)17-21(19,20)14-5-3-2-4-6-14/h2-10,17H,11H2,1H3,(H,16,18). The Balaban J connectivity index is 2.12. The quantitative estimate of drug-likeness (QED) is 0.884. The van der Waals surface area contributed by atoms with Gasteiger partial charge in [-0.15, -0.1) is 0 Å². The van der Waals surface area contributed by atoms with Gasteiger partial charge in [0, 0.05) is 12.7 Å². The number of sulfonamides is 1. The van der Waals surface area contributed by atoms with Gasteiger partial charge in [-0.2, -0.15) is 0 Å². The first-order chi connectivity index (χ1) is 10.0. The Morgan fingerprint density at radius 3 is 2.19 bits per heavy atom. The summed E-state index contributed by atoms with van der Waals surface area (Å²) in [6, 6.07) is 14.9. The second-order valence-corrected chi connectivity index (χ2v) is 6.15. The van der Waals surface area contributed by atoms with Gasteiger partial charge in [0.15, 0.2) is 0 Å². The van der Waals surface area contributed by atoms with E-state index in [9.17, 15) is 13.2 Å². The van der Waals surface area contributed by atoms with Crippen LogP contribution in [0.25, 0.3) is 0 Å². The van der Waals surface area contributed by atoms with Crippen molar-refractivity contribution in [1.29, 1.82) is 0 Å².